The fourth-order valence-electron chi connectivity index (χ4n) is 3.11. The molecule has 0 unspecified atom stereocenters. The third-order valence-corrected chi connectivity index (χ3v) is 5.80. The molecule has 0 atom stereocenters. The van der Waals surface area contributed by atoms with Crippen molar-refractivity contribution in [3.63, 3.8) is 0 Å². The summed E-state index contributed by atoms with van der Waals surface area (Å²) in [6.07, 6.45) is 5.17. The lowest BCUT2D eigenvalue weighted by Crippen LogP contribution is -2.40. The van der Waals surface area contributed by atoms with Crippen molar-refractivity contribution in [2.45, 2.75) is 32.9 Å². The first-order valence-corrected chi connectivity index (χ1v) is 10.4. The van der Waals surface area contributed by atoms with Crippen molar-refractivity contribution in [3.8, 4) is 10.6 Å². The maximum atomic E-state index is 13.2. The highest BCUT2D eigenvalue weighted by Gasteiger charge is 2.24. The van der Waals surface area contributed by atoms with E-state index in [2.05, 4.69) is 4.98 Å². The lowest BCUT2D eigenvalue weighted by molar-refractivity contribution is 0.0532. The number of thiazole rings is 1. The molecule has 1 aromatic carbocycles. The van der Waals surface area contributed by atoms with Gasteiger partial charge in [-0.15, -0.1) is 11.3 Å². The van der Waals surface area contributed by atoms with Crippen LogP contribution in [0.4, 0.5) is 0 Å². The molecule has 1 aliphatic rings. The van der Waals surface area contributed by atoms with Crippen LogP contribution in [-0.4, -0.2) is 26.7 Å². The lowest BCUT2D eigenvalue weighted by atomic mass is 10.2. The standard InChI is InChI=1S/C21H21N3O4S/c1-2-28-20(26)17-10-22-18(29-17)16-13-23(11-15-8-9-15)21(27)24(19(16)25)12-14-6-4-3-5-7-14/h3-7,10,13,15H,2,8-9,11-12H2,1H3. The van der Waals surface area contributed by atoms with Gasteiger partial charge in [0, 0.05) is 12.7 Å². The molecule has 2 aromatic heterocycles. The molecule has 8 heteroatoms. The Bertz CT molecular complexity index is 1140. The van der Waals surface area contributed by atoms with E-state index in [1.54, 1.807) is 17.7 Å². The van der Waals surface area contributed by atoms with E-state index in [1.807, 2.05) is 30.3 Å². The van der Waals surface area contributed by atoms with Gasteiger partial charge in [-0.3, -0.25) is 13.9 Å². The molecule has 29 heavy (non-hydrogen) atoms. The highest BCUT2D eigenvalue weighted by Crippen LogP contribution is 2.30. The Morgan fingerprint density at radius 2 is 2.00 bits per heavy atom. The zero-order chi connectivity index (χ0) is 20.4. The maximum absolute atomic E-state index is 13.2. The molecule has 0 spiro atoms. The Morgan fingerprint density at radius 1 is 1.24 bits per heavy atom. The molecule has 4 rings (SSSR count). The SMILES string of the molecule is CCOC(=O)c1cnc(-c2cn(CC3CC3)c(=O)n(Cc3ccccc3)c2=O)s1. The summed E-state index contributed by atoms with van der Waals surface area (Å²) >= 11 is 1.10. The van der Waals surface area contributed by atoms with Crippen LogP contribution in [0.2, 0.25) is 0 Å². The minimum absolute atomic E-state index is 0.188. The predicted molar refractivity (Wildman–Crippen MR) is 110 cm³/mol. The molecule has 0 bridgehead atoms. The van der Waals surface area contributed by atoms with Gasteiger partial charge in [0.2, 0.25) is 0 Å². The summed E-state index contributed by atoms with van der Waals surface area (Å²) in [5.41, 5.74) is 0.460. The third-order valence-electron chi connectivity index (χ3n) is 4.79. The summed E-state index contributed by atoms with van der Waals surface area (Å²) in [4.78, 5) is 42.7. The van der Waals surface area contributed by atoms with Crippen LogP contribution in [0.25, 0.3) is 10.6 Å². The molecule has 0 N–H and O–H groups in total. The molecule has 0 saturated heterocycles. The number of rotatable bonds is 7. The molecular formula is C21H21N3O4S. The van der Waals surface area contributed by atoms with Crippen molar-refractivity contribution < 1.29 is 9.53 Å². The third kappa shape index (κ3) is 4.22. The van der Waals surface area contributed by atoms with Crippen LogP contribution >= 0.6 is 11.3 Å². The number of ether oxygens (including phenoxy) is 1. The van der Waals surface area contributed by atoms with Crippen LogP contribution in [0.5, 0.6) is 0 Å². The molecule has 0 amide bonds. The van der Waals surface area contributed by atoms with E-state index in [1.165, 1.54) is 10.8 Å². The number of benzene rings is 1. The van der Waals surface area contributed by atoms with Crippen molar-refractivity contribution in [2.24, 2.45) is 5.92 Å². The van der Waals surface area contributed by atoms with E-state index in [9.17, 15) is 14.4 Å². The fraction of sp³-hybridized carbons (Fsp3) is 0.333. The average Bonchev–Trinajstić information content (AvgIpc) is 3.41. The van der Waals surface area contributed by atoms with Gasteiger partial charge in [-0.25, -0.2) is 14.6 Å². The normalized spacial score (nSPS) is 13.4. The number of esters is 1. The maximum Gasteiger partial charge on any atom is 0.349 e. The quantitative estimate of drug-likeness (QED) is 0.558. The van der Waals surface area contributed by atoms with Crippen molar-refractivity contribution in [2.75, 3.05) is 6.61 Å². The monoisotopic (exact) mass is 411 g/mol. The van der Waals surface area contributed by atoms with Crippen LogP contribution in [0.1, 0.15) is 35.0 Å². The highest BCUT2D eigenvalue weighted by atomic mass is 32.1. The van der Waals surface area contributed by atoms with Gasteiger partial charge in [-0.2, -0.15) is 0 Å². The molecule has 1 fully saturated rings. The zero-order valence-electron chi connectivity index (χ0n) is 16.0. The summed E-state index contributed by atoms with van der Waals surface area (Å²) in [5, 5.41) is 0.407. The summed E-state index contributed by atoms with van der Waals surface area (Å²) in [6, 6.07) is 9.40. The minimum atomic E-state index is -0.466. The number of aromatic nitrogens is 3. The van der Waals surface area contributed by atoms with Crippen molar-refractivity contribution in [1.29, 1.82) is 0 Å². The van der Waals surface area contributed by atoms with Gasteiger partial charge in [0.05, 0.1) is 24.9 Å². The largest absolute Gasteiger partial charge is 0.462 e. The lowest BCUT2D eigenvalue weighted by Gasteiger charge is -2.12. The van der Waals surface area contributed by atoms with Gasteiger partial charge < -0.3 is 4.74 Å². The summed E-state index contributed by atoms with van der Waals surface area (Å²) in [6.45, 7) is 2.77. The summed E-state index contributed by atoms with van der Waals surface area (Å²) in [5.74, 6) is 0.00165. The van der Waals surface area contributed by atoms with Crippen molar-refractivity contribution >= 4 is 17.3 Å². The molecule has 3 aromatic rings. The molecule has 1 saturated carbocycles. The number of hydrogen-bond acceptors (Lipinski definition) is 6. The Labute approximate surface area is 171 Å². The Kier molecular flexibility index (Phi) is 5.44. The Hall–Kier alpha value is -3.00. The topological polar surface area (TPSA) is 83.2 Å². The van der Waals surface area contributed by atoms with E-state index < -0.39 is 11.5 Å². The Balaban J connectivity index is 1.79. The molecule has 1 aliphatic carbocycles. The van der Waals surface area contributed by atoms with Crippen molar-refractivity contribution in [3.05, 3.63) is 74.0 Å². The summed E-state index contributed by atoms with van der Waals surface area (Å²) in [7, 11) is 0. The molecule has 7 nitrogen and oxygen atoms in total. The van der Waals surface area contributed by atoms with Crippen LogP contribution in [0.3, 0.4) is 0 Å². The van der Waals surface area contributed by atoms with E-state index in [4.69, 9.17) is 4.74 Å². The Morgan fingerprint density at radius 3 is 2.69 bits per heavy atom. The highest BCUT2D eigenvalue weighted by molar-refractivity contribution is 7.16. The van der Waals surface area contributed by atoms with E-state index in [0.717, 1.165) is 29.7 Å². The first-order chi connectivity index (χ1) is 14.1. The number of carbonyl (C=O) groups excluding carboxylic acids is 1. The van der Waals surface area contributed by atoms with Gasteiger partial charge in [-0.1, -0.05) is 30.3 Å². The zero-order valence-corrected chi connectivity index (χ0v) is 16.9. The van der Waals surface area contributed by atoms with Crippen LogP contribution in [0.15, 0.2) is 52.3 Å². The van der Waals surface area contributed by atoms with E-state index in [-0.39, 0.29) is 18.8 Å². The van der Waals surface area contributed by atoms with Gasteiger partial charge in [-0.05, 0) is 31.2 Å². The fourth-order valence-corrected chi connectivity index (χ4v) is 3.92. The first-order valence-electron chi connectivity index (χ1n) is 9.58. The predicted octanol–water partition coefficient (Wildman–Crippen LogP) is 2.77. The first kappa shape index (κ1) is 19.3. The van der Waals surface area contributed by atoms with Crippen LogP contribution < -0.4 is 11.2 Å². The number of hydrogen-bond donors (Lipinski definition) is 0. The molecule has 2 heterocycles. The summed E-state index contributed by atoms with van der Waals surface area (Å²) < 4.78 is 7.86. The van der Waals surface area contributed by atoms with Crippen molar-refractivity contribution in [1.82, 2.24) is 14.1 Å². The second-order valence-corrected chi connectivity index (χ2v) is 8.08. The number of carbonyl (C=O) groups is 1. The number of nitrogens with zero attached hydrogens (tertiary/aromatic N) is 3. The van der Waals surface area contributed by atoms with E-state index in [0.29, 0.717) is 27.9 Å². The van der Waals surface area contributed by atoms with Crippen LogP contribution in [0, 0.1) is 5.92 Å². The van der Waals surface area contributed by atoms with Gasteiger partial charge in [0.1, 0.15) is 9.88 Å². The van der Waals surface area contributed by atoms with Gasteiger partial charge in [0.25, 0.3) is 5.56 Å². The van der Waals surface area contributed by atoms with Crippen LogP contribution in [-0.2, 0) is 17.8 Å². The molecule has 0 radical (unpaired) electrons. The van der Waals surface area contributed by atoms with Gasteiger partial charge in [0.15, 0.2) is 0 Å². The molecule has 0 aliphatic heterocycles. The molecule has 150 valence electrons. The average molecular weight is 411 g/mol. The minimum Gasteiger partial charge on any atom is -0.462 e. The molecular weight excluding hydrogens is 390 g/mol. The second-order valence-electron chi connectivity index (χ2n) is 7.05. The second kappa shape index (κ2) is 8.16. The smallest absolute Gasteiger partial charge is 0.349 e. The van der Waals surface area contributed by atoms with E-state index >= 15 is 0 Å². The van der Waals surface area contributed by atoms with Gasteiger partial charge >= 0.3 is 11.7 Å².